The van der Waals surface area contributed by atoms with Crippen molar-refractivity contribution in [3.8, 4) is 0 Å². The molecule has 0 spiro atoms. The van der Waals surface area contributed by atoms with E-state index in [4.69, 9.17) is 12.2 Å². The molecule has 1 rings (SSSR count). The summed E-state index contributed by atoms with van der Waals surface area (Å²) in [5, 5.41) is 7.55. The summed E-state index contributed by atoms with van der Waals surface area (Å²) in [6.45, 7) is 9.63. The molecule has 1 fully saturated rings. The highest BCUT2D eigenvalue weighted by molar-refractivity contribution is 7.80. The standard InChI is InChI=1S/C10H21N3S/c1-9(2)3-4-12-10(14)13-7-5-11-6-8-13/h9,11H,3-8H2,1-2H3,(H,12,14). The Morgan fingerprint density at radius 1 is 1.43 bits per heavy atom. The van der Waals surface area contributed by atoms with Crippen LogP contribution in [-0.4, -0.2) is 42.7 Å². The van der Waals surface area contributed by atoms with Crippen LogP contribution in [0.1, 0.15) is 20.3 Å². The molecule has 1 heterocycles. The molecule has 0 unspecified atom stereocenters. The number of rotatable bonds is 3. The van der Waals surface area contributed by atoms with Crippen molar-refractivity contribution in [3.05, 3.63) is 0 Å². The lowest BCUT2D eigenvalue weighted by molar-refractivity contribution is 0.352. The van der Waals surface area contributed by atoms with Crippen molar-refractivity contribution in [3.63, 3.8) is 0 Å². The van der Waals surface area contributed by atoms with Crippen LogP contribution in [-0.2, 0) is 0 Å². The average molecular weight is 215 g/mol. The molecule has 0 atom stereocenters. The Balaban J connectivity index is 2.13. The van der Waals surface area contributed by atoms with Crippen LogP contribution in [0.25, 0.3) is 0 Å². The quantitative estimate of drug-likeness (QED) is 0.681. The van der Waals surface area contributed by atoms with E-state index >= 15 is 0 Å². The monoisotopic (exact) mass is 215 g/mol. The van der Waals surface area contributed by atoms with Gasteiger partial charge in [0.15, 0.2) is 5.11 Å². The van der Waals surface area contributed by atoms with Crippen molar-refractivity contribution in [2.24, 2.45) is 5.92 Å². The van der Waals surface area contributed by atoms with Gasteiger partial charge in [-0.2, -0.15) is 0 Å². The highest BCUT2D eigenvalue weighted by atomic mass is 32.1. The van der Waals surface area contributed by atoms with Gasteiger partial charge in [0.25, 0.3) is 0 Å². The second-order valence-corrected chi connectivity index (χ2v) is 4.54. The minimum atomic E-state index is 0.744. The predicted molar refractivity (Wildman–Crippen MR) is 64.5 cm³/mol. The molecule has 0 aromatic rings. The zero-order valence-electron chi connectivity index (χ0n) is 9.18. The maximum absolute atomic E-state index is 5.31. The summed E-state index contributed by atoms with van der Waals surface area (Å²) in [4.78, 5) is 2.24. The fraction of sp³-hybridized carbons (Fsp3) is 0.900. The van der Waals surface area contributed by atoms with Crippen molar-refractivity contribution < 1.29 is 0 Å². The van der Waals surface area contributed by atoms with Crippen LogP contribution >= 0.6 is 12.2 Å². The molecule has 82 valence electrons. The van der Waals surface area contributed by atoms with E-state index in [0.717, 1.165) is 43.8 Å². The number of hydrogen-bond acceptors (Lipinski definition) is 2. The summed E-state index contributed by atoms with van der Waals surface area (Å²) in [6, 6.07) is 0. The van der Waals surface area contributed by atoms with E-state index in [0.29, 0.717) is 0 Å². The molecule has 14 heavy (non-hydrogen) atoms. The van der Waals surface area contributed by atoms with Gasteiger partial charge in [-0.15, -0.1) is 0 Å². The number of piperazine rings is 1. The van der Waals surface area contributed by atoms with Gasteiger partial charge in [-0.3, -0.25) is 0 Å². The van der Waals surface area contributed by atoms with Gasteiger partial charge >= 0.3 is 0 Å². The van der Waals surface area contributed by atoms with Gasteiger partial charge in [0.05, 0.1) is 0 Å². The van der Waals surface area contributed by atoms with Crippen LogP contribution in [0.3, 0.4) is 0 Å². The topological polar surface area (TPSA) is 27.3 Å². The van der Waals surface area contributed by atoms with Gasteiger partial charge in [-0.1, -0.05) is 13.8 Å². The highest BCUT2D eigenvalue weighted by Crippen LogP contribution is 1.98. The molecule has 1 saturated heterocycles. The maximum Gasteiger partial charge on any atom is 0.169 e. The molecule has 0 bridgehead atoms. The largest absolute Gasteiger partial charge is 0.363 e. The summed E-state index contributed by atoms with van der Waals surface area (Å²) >= 11 is 5.31. The number of nitrogens with one attached hydrogen (secondary N) is 2. The zero-order chi connectivity index (χ0) is 10.4. The Kier molecular flexibility index (Phi) is 5.19. The zero-order valence-corrected chi connectivity index (χ0v) is 9.99. The van der Waals surface area contributed by atoms with Crippen LogP contribution in [0, 0.1) is 5.92 Å². The first-order chi connectivity index (χ1) is 6.70. The van der Waals surface area contributed by atoms with E-state index in [1.54, 1.807) is 0 Å². The van der Waals surface area contributed by atoms with Crippen LogP contribution in [0.5, 0.6) is 0 Å². The highest BCUT2D eigenvalue weighted by Gasteiger charge is 2.11. The van der Waals surface area contributed by atoms with Gasteiger partial charge < -0.3 is 15.5 Å². The molecule has 0 aromatic carbocycles. The molecular weight excluding hydrogens is 194 g/mol. The molecule has 0 aromatic heterocycles. The SMILES string of the molecule is CC(C)CCNC(=S)N1CCNCC1. The third-order valence-corrected chi connectivity index (χ3v) is 2.80. The van der Waals surface area contributed by atoms with Crippen molar-refractivity contribution in [2.45, 2.75) is 20.3 Å². The number of hydrogen-bond donors (Lipinski definition) is 2. The van der Waals surface area contributed by atoms with Crippen molar-refractivity contribution in [2.75, 3.05) is 32.7 Å². The third kappa shape index (κ3) is 4.24. The average Bonchev–Trinajstić information content (AvgIpc) is 2.18. The van der Waals surface area contributed by atoms with E-state index in [-0.39, 0.29) is 0 Å². The molecule has 0 saturated carbocycles. The second-order valence-electron chi connectivity index (χ2n) is 4.15. The Hall–Kier alpha value is -0.350. The third-order valence-electron chi connectivity index (χ3n) is 2.40. The van der Waals surface area contributed by atoms with E-state index in [1.807, 2.05) is 0 Å². The van der Waals surface area contributed by atoms with Crippen molar-refractivity contribution in [1.29, 1.82) is 0 Å². The molecule has 1 aliphatic heterocycles. The Morgan fingerprint density at radius 3 is 2.64 bits per heavy atom. The maximum atomic E-state index is 5.31. The number of nitrogens with zero attached hydrogens (tertiary/aromatic N) is 1. The summed E-state index contributed by atoms with van der Waals surface area (Å²) in [7, 11) is 0. The smallest absolute Gasteiger partial charge is 0.169 e. The van der Waals surface area contributed by atoms with Gasteiger partial charge in [0, 0.05) is 32.7 Å². The second kappa shape index (κ2) is 6.19. The van der Waals surface area contributed by atoms with E-state index in [2.05, 4.69) is 29.4 Å². The molecule has 3 nitrogen and oxygen atoms in total. The summed E-state index contributed by atoms with van der Waals surface area (Å²) < 4.78 is 0. The number of thiocarbonyl (C=S) groups is 1. The lowest BCUT2D eigenvalue weighted by Crippen LogP contribution is -2.50. The first-order valence-corrected chi connectivity index (χ1v) is 5.84. The van der Waals surface area contributed by atoms with Crippen LogP contribution in [0.2, 0.25) is 0 Å². The van der Waals surface area contributed by atoms with E-state index in [9.17, 15) is 0 Å². The van der Waals surface area contributed by atoms with Crippen LogP contribution in [0.4, 0.5) is 0 Å². The molecule has 0 amide bonds. The lowest BCUT2D eigenvalue weighted by atomic mass is 10.1. The van der Waals surface area contributed by atoms with Crippen LogP contribution < -0.4 is 10.6 Å². The minimum Gasteiger partial charge on any atom is -0.363 e. The Morgan fingerprint density at radius 2 is 2.07 bits per heavy atom. The van der Waals surface area contributed by atoms with E-state index in [1.165, 1.54) is 6.42 Å². The fourth-order valence-corrected chi connectivity index (χ4v) is 1.73. The van der Waals surface area contributed by atoms with Gasteiger partial charge in [0.1, 0.15) is 0 Å². The normalized spacial score (nSPS) is 17.2. The van der Waals surface area contributed by atoms with E-state index < -0.39 is 0 Å². The summed E-state index contributed by atoms with van der Waals surface area (Å²) in [5.41, 5.74) is 0. The van der Waals surface area contributed by atoms with Crippen LogP contribution in [0.15, 0.2) is 0 Å². The summed E-state index contributed by atoms with van der Waals surface area (Å²) in [5.74, 6) is 0.744. The first kappa shape index (κ1) is 11.7. The van der Waals surface area contributed by atoms with Crippen molar-refractivity contribution >= 4 is 17.3 Å². The Bertz CT molecular complexity index is 176. The molecule has 0 radical (unpaired) electrons. The first-order valence-electron chi connectivity index (χ1n) is 5.43. The van der Waals surface area contributed by atoms with Gasteiger partial charge in [0.2, 0.25) is 0 Å². The molecule has 1 aliphatic rings. The minimum absolute atomic E-state index is 0.744. The molecule has 4 heteroatoms. The molecular formula is C10H21N3S. The summed E-state index contributed by atoms with van der Waals surface area (Å²) in [6.07, 6.45) is 1.19. The fourth-order valence-electron chi connectivity index (χ4n) is 1.45. The Labute approximate surface area is 92.2 Å². The lowest BCUT2D eigenvalue weighted by Gasteiger charge is -2.30. The van der Waals surface area contributed by atoms with Gasteiger partial charge in [-0.05, 0) is 24.6 Å². The predicted octanol–water partition coefficient (Wildman–Crippen LogP) is 0.812. The van der Waals surface area contributed by atoms with Gasteiger partial charge in [-0.25, -0.2) is 0 Å². The molecule has 0 aliphatic carbocycles. The van der Waals surface area contributed by atoms with Crippen molar-refractivity contribution in [1.82, 2.24) is 15.5 Å². The molecule has 2 N–H and O–H groups in total.